The first-order valence-electron chi connectivity index (χ1n) is 17.1. The second-order valence-electron chi connectivity index (χ2n) is 12.9. The Morgan fingerprint density at radius 2 is 0.941 bits per heavy atom. The highest BCUT2D eigenvalue weighted by molar-refractivity contribution is 6.15. The maximum atomic E-state index is 13.3. The number of fused-ring (bicyclic) bond motifs is 5. The van der Waals surface area contributed by atoms with Crippen molar-refractivity contribution in [2.75, 3.05) is 4.90 Å². The molecule has 0 amide bonds. The molecule has 0 saturated heterocycles. The molecular weight excluding hydrogens is 623 g/mol. The Bertz CT molecular complexity index is 2810. The van der Waals surface area contributed by atoms with Gasteiger partial charge in [0.2, 0.25) is 0 Å². The standard InChI is InChI=1S/C48H31NO2/c50-31-41-26-34-10-3-4-12-36(34)30-46(41)47(51)24-18-32-17-19-38-29-43(23-21-37(38)25-32)49(42-22-20-33-9-1-2-11-35(33)28-42)48-44-15-7-5-13-39(44)27-40-14-6-8-16-45(40)48/h1-31H/b24-18+. The average Bonchev–Trinajstić information content (AvgIpc) is 3.19. The number of aldehydes is 1. The van der Waals surface area contributed by atoms with Gasteiger partial charge in [-0.05, 0) is 103 Å². The number of carbonyl (C=O) groups excluding carboxylic acids is 2. The molecule has 9 aromatic carbocycles. The molecule has 51 heavy (non-hydrogen) atoms. The normalized spacial score (nSPS) is 11.6. The molecule has 0 bridgehead atoms. The van der Waals surface area contributed by atoms with Gasteiger partial charge in [-0.3, -0.25) is 9.59 Å². The van der Waals surface area contributed by atoms with Crippen LogP contribution in [0.3, 0.4) is 0 Å². The lowest BCUT2D eigenvalue weighted by Crippen LogP contribution is -2.11. The van der Waals surface area contributed by atoms with Gasteiger partial charge in [0.15, 0.2) is 12.1 Å². The van der Waals surface area contributed by atoms with Crippen LogP contribution in [-0.2, 0) is 0 Å². The van der Waals surface area contributed by atoms with Crippen molar-refractivity contribution in [2.45, 2.75) is 0 Å². The zero-order chi connectivity index (χ0) is 34.3. The monoisotopic (exact) mass is 653 g/mol. The highest BCUT2D eigenvalue weighted by atomic mass is 16.1. The fourth-order valence-electron chi connectivity index (χ4n) is 7.28. The van der Waals surface area contributed by atoms with Crippen molar-refractivity contribution < 1.29 is 9.59 Å². The van der Waals surface area contributed by atoms with E-state index in [1.807, 2.05) is 36.4 Å². The van der Waals surface area contributed by atoms with E-state index >= 15 is 0 Å². The van der Waals surface area contributed by atoms with Crippen LogP contribution in [0.15, 0.2) is 176 Å². The maximum absolute atomic E-state index is 13.3. The van der Waals surface area contributed by atoms with E-state index in [1.165, 1.54) is 32.3 Å². The van der Waals surface area contributed by atoms with E-state index in [0.29, 0.717) is 11.1 Å². The van der Waals surface area contributed by atoms with Crippen LogP contribution in [0, 0.1) is 0 Å². The van der Waals surface area contributed by atoms with Crippen molar-refractivity contribution in [3.8, 4) is 0 Å². The Morgan fingerprint density at radius 1 is 0.451 bits per heavy atom. The molecule has 240 valence electrons. The molecule has 3 heteroatoms. The minimum atomic E-state index is -0.202. The van der Waals surface area contributed by atoms with Gasteiger partial charge in [0.05, 0.1) is 5.69 Å². The number of hydrogen-bond donors (Lipinski definition) is 0. The van der Waals surface area contributed by atoms with E-state index in [1.54, 1.807) is 18.2 Å². The van der Waals surface area contributed by atoms with Crippen LogP contribution in [0.1, 0.15) is 26.3 Å². The van der Waals surface area contributed by atoms with Crippen LogP contribution >= 0.6 is 0 Å². The van der Waals surface area contributed by atoms with Gasteiger partial charge in [0, 0.05) is 33.3 Å². The summed E-state index contributed by atoms with van der Waals surface area (Å²) in [4.78, 5) is 27.6. The number of allylic oxidation sites excluding steroid dienone is 1. The molecule has 0 aromatic heterocycles. The number of ketones is 1. The number of anilines is 3. The average molecular weight is 654 g/mol. The number of nitrogens with zero attached hydrogens (tertiary/aromatic N) is 1. The van der Waals surface area contributed by atoms with Crippen LogP contribution in [-0.4, -0.2) is 12.1 Å². The van der Waals surface area contributed by atoms with Crippen LogP contribution in [0.4, 0.5) is 17.1 Å². The Hall–Kier alpha value is -6.84. The smallest absolute Gasteiger partial charge is 0.186 e. The van der Waals surface area contributed by atoms with Gasteiger partial charge < -0.3 is 4.90 Å². The third-order valence-electron chi connectivity index (χ3n) is 9.80. The zero-order valence-electron chi connectivity index (χ0n) is 27.7. The largest absolute Gasteiger partial charge is 0.309 e. The summed E-state index contributed by atoms with van der Waals surface area (Å²) < 4.78 is 0. The molecule has 0 N–H and O–H groups in total. The van der Waals surface area contributed by atoms with Gasteiger partial charge in [-0.1, -0.05) is 127 Å². The molecule has 0 atom stereocenters. The third kappa shape index (κ3) is 5.51. The summed E-state index contributed by atoms with van der Waals surface area (Å²) in [7, 11) is 0. The fraction of sp³-hybridized carbons (Fsp3) is 0. The molecule has 0 aliphatic rings. The van der Waals surface area contributed by atoms with Crippen molar-refractivity contribution in [2.24, 2.45) is 0 Å². The molecule has 0 spiro atoms. The predicted octanol–water partition coefficient (Wildman–Crippen LogP) is 12.6. The molecule has 0 radical (unpaired) electrons. The molecule has 0 unspecified atom stereocenters. The number of carbonyl (C=O) groups is 2. The van der Waals surface area contributed by atoms with Crippen molar-refractivity contribution in [1.82, 2.24) is 0 Å². The number of rotatable bonds is 7. The Morgan fingerprint density at radius 3 is 1.59 bits per heavy atom. The lowest BCUT2D eigenvalue weighted by atomic mass is 9.97. The van der Waals surface area contributed by atoms with Crippen molar-refractivity contribution in [1.29, 1.82) is 0 Å². The van der Waals surface area contributed by atoms with Gasteiger partial charge in [-0.25, -0.2) is 0 Å². The summed E-state index contributed by atoms with van der Waals surface area (Å²) in [5.74, 6) is -0.202. The van der Waals surface area contributed by atoms with E-state index in [2.05, 4.69) is 132 Å². The van der Waals surface area contributed by atoms with E-state index in [4.69, 9.17) is 0 Å². The summed E-state index contributed by atoms with van der Waals surface area (Å²) in [6.45, 7) is 0. The fourth-order valence-corrected chi connectivity index (χ4v) is 7.28. The Labute approximate surface area is 295 Å². The second-order valence-corrected chi connectivity index (χ2v) is 12.9. The third-order valence-corrected chi connectivity index (χ3v) is 9.80. The molecule has 0 saturated carbocycles. The molecule has 0 aliphatic heterocycles. The Kier molecular flexibility index (Phi) is 7.44. The highest BCUT2D eigenvalue weighted by Crippen LogP contribution is 2.45. The first kappa shape index (κ1) is 30.2. The zero-order valence-corrected chi connectivity index (χ0v) is 27.7. The molecule has 0 aliphatic carbocycles. The van der Waals surface area contributed by atoms with Crippen LogP contribution < -0.4 is 4.90 Å². The highest BCUT2D eigenvalue weighted by Gasteiger charge is 2.20. The Balaban J connectivity index is 1.14. The quantitative estimate of drug-likeness (QED) is 0.0743. The lowest BCUT2D eigenvalue weighted by molar-refractivity contribution is 0.103. The van der Waals surface area contributed by atoms with E-state index in [0.717, 1.165) is 50.5 Å². The number of hydrogen-bond acceptors (Lipinski definition) is 3. The van der Waals surface area contributed by atoms with Crippen LogP contribution in [0.25, 0.3) is 59.9 Å². The summed E-state index contributed by atoms with van der Waals surface area (Å²) in [5, 5.41) is 11.1. The molecule has 0 fully saturated rings. The summed E-state index contributed by atoms with van der Waals surface area (Å²) in [6.07, 6.45) is 4.13. The molecule has 3 nitrogen and oxygen atoms in total. The maximum Gasteiger partial charge on any atom is 0.186 e. The van der Waals surface area contributed by atoms with Crippen molar-refractivity contribution in [3.05, 3.63) is 193 Å². The van der Waals surface area contributed by atoms with Gasteiger partial charge in [0.25, 0.3) is 0 Å². The van der Waals surface area contributed by atoms with Crippen molar-refractivity contribution in [3.63, 3.8) is 0 Å². The molecule has 0 heterocycles. The molecule has 9 aromatic rings. The topological polar surface area (TPSA) is 37.4 Å². The van der Waals surface area contributed by atoms with Gasteiger partial charge in [0.1, 0.15) is 0 Å². The SMILES string of the molecule is O=Cc1cc2ccccc2cc1C(=O)/C=C/c1ccc2cc(N(c3ccc4ccccc4c3)c3c4ccccc4cc4ccccc34)ccc2c1. The summed E-state index contributed by atoms with van der Waals surface area (Å²) in [5.41, 5.74) is 4.97. The molecule has 9 rings (SSSR count). The number of benzene rings is 9. The van der Waals surface area contributed by atoms with Crippen LogP contribution in [0.2, 0.25) is 0 Å². The summed E-state index contributed by atoms with van der Waals surface area (Å²) >= 11 is 0. The summed E-state index contributed by atoms with van der Waals surface area (Å²) in [6, 6.07) is 58.8. The van der Waals surface area contributed by atoms with E-state index < -0.39 is 0 Å². The first-order chi connectivity index (χ1) is 25.1. The van der Waals surface area contributed by atoms with Crippen molar-refractivity contribution >= 4 is 89.1 Å². The minimum absolute atomic E-state index is 0.202. The second kappa shape index (κ2) is 12.6. The van der Waals surface area contributed by atoms with Crippen LogP contribution in [0.5, 0.6) is 0 Å². The van der Waals surface area contributed by atoms with Gasteiger partial charge >= 0.3 is 0 Å². The van der Waals surface area contributed by atoms with E-state index in [9.17, 15) is 9.59 Å². The first-order valence-corrected chi connectivity index (χ1v) is 17.1. The van der Waals surface area contributed by atoms with Gasteiger partial charge in [-0.15, -0.1) is 0 Å². The molecular formula is C48H31NO2. The lowest BCUT2D eigenvalue weighted by Gasteiger charge is -2.29. The van der Waals surface area contributed by atoms with E-state index in [-0.39, 0.29) is 5.78 Å². The minimum Gasteiger partial charge on any atom is -0.309 e. The predicted molar refractivity (Wildman–Crippen MR) is 214 cm³/mol. The van der Waals surface area contributed by atoms with Gasteiger partial charge in [-0.2, -0.15) is 0 Å².